The summed E-state index contributed by atoms with van der Waals surface area (Å²) in [6.45, 7) is 5.73. The summed E-state index contributed by atoms with van der Waals surface area (Å²) in [5.41, 5.74) is 5.04. The molecule has 19 heavy (non-hydrogen) atoms. The van der Waals surface area contributed by atoms with E-state index in [1.807, 2.05) is 18.2 Å². The Labute approximate surface area is 118 Å². The summed E-state index contributed by atoms with van der Waals surface area (Å²) in [6, 6.07) is 9.13. The van der Waals surface area contributed by atoms with Gasteiger partial charge in [-0.3, -0.25) is 15.6 Å². The highest BCUT2D eigenvalue weighted by Crippen LogP contribution is 2.10. The van der Waals surface area contributed by atoms with E-state index in [9.17, 15) is 4.79 Å². The zero-order valence-electron chi connectivity index (χ0n) is 10.7. The summed E-state index contributed by atoms with van der Waals surface area (Å²) in [6.07, 6.45) is 1.04. The largest absolute Gasteiger partial charge is 0.481 e. The van der Waals surface area contributed by atoms with Crippen LogP contribution in [0.5, 0.6) is 5.75 Å². The maximum Gasteiger partial charge on any atom is 0.279 e. The number of rotatable bonds is 5. The number of hydrogen-bond donors (Lipinski definition) is 3. The second kappa shape index (κ2) is 8.10. The lowest BCUT2D eigenvalue weighted by molar-refractivity contribution is -0.127. The Bertz CT molecular complexity index is 437. The van der Waals surface area contributed by atoms with Crippen molar-refractivity contribution < 1.29 is 9.53 Å². The van der Waals surface area contributed by atoms with E-state index in [1.165, 1.54) is 0 Å². The molecule has 0 aromatic heterocycles. The molecule has 6 heteroatoms. The highest BCUT2D eigenvalue weighted by molar-refractivity contribution is 7.80. The lowest BCUT2D eigenvalue weighted by Crippen LogP contribution is -2.50. The molecular weight excluding hydrogens is 262 g/mol. The zero-order chi connectivity index (χ0) is 14.1. The van der Waals surface area contributed by atoms with Crippen molar-refractivity contribution in [2.45, 2.75) is 13.0 Å². The molecule has 1 aromatic carbocycles. The molecule has 0 radical (unpaired) electrons. The highest BCUT2D eigenvalue weighted by Gasteiger charge is 2.14. The van der Waals surface area contributed by atoms with E-state index < -0.39 is 6.10 Å². The van der Waals surface area contributed by atoms with Crippen LogP contribution in [0.4, 0.5) is 0 Å². The van der Waals surface area contributed by atoms with Crippen LogP contribution in [0.1, 0.15) is 6.92 Å². The minimum Gasteiger partial charge on any atom is -0.481 e. The molecule has 0 fully saturated rings. The maximum absolute atomic E-state index is 11.7. The van der Waals surface area contributed by atoms with Crippen LogP contribution in [0, 0.1) is 0 Å². The van der Waals surface area contributed by atoms with E-state index in [0.717, 1.165) is 0 Å². The Hall–Kier alpha value is -2.08. The normalized spacial score (nSPS) is 11.0. The second-order valence-electron chi connectivity index (χ2n) is 3.69. The fourth-order valence-electron chi connectivity index (χ4n) is 1.19. The summed E-state index contributed by atoms with van der Waals surface area (Å²) in [5.74, 6) is 0.323. The molecule has 102 valence electrons. The molecule has 0 spiro atoms. The van der Waals surface area contributed by atoms with Crippen LogP contribution in [-0.2, 0) is 4.79 Å². The van der Waals surface area contributed by atoms with Crippen molar-refractivity contribution in [2.24, 2.45) is 0 Å². The van der Waals surface area contributed by atoms with Gasteiger partial charge in [0.2, 0.25) is 0 Å². The summed E-state index contributed by atoms with van der Waals surface area (Å²) in [4.78, 5) is 11.7. The molecule has 0 aliphatic rings. The topological polar surface area (TPSA) is 62.4 Å². The second-order valence-corrected chi connectivity index (χ2v) is 4.09. The highest BCUT2D eigenvalue weighted by atomic mass is 32.1. The average molecular weight is 279 g/mol. The van der Waals surface area contributed by atoms with Gasteiger partial charge in [0, 0.05) is 6.54 Å². The monoisotopic (exact) mass is 279 g/mol. The Morgan fingerprint density at radius 3 is 2.74 bits per heavy atom. The van der Waals surface area contributed by atoms with Crippen LogP contribution in [0.25, 0.3) is 0 Å². The Morgan fingerprint density at radius 1 is 1.42 bits per heavy atom. The van der Waals surface area contributed by atoms with Gasteiger partial charge >= 0.3 is 0 Å². The number of para-hydroxylation sites is 1. The van der Waals surface area contributed by atoms with Crippen LogP contribution in [0.15, 0.2) is 43.0 Å². The minimum atomic E-state index is -0.628. The van der Waals surface area contributed by atoms with E-state index in [-0.39, 0.29) is 5.91 Å². The predicted octanol–water partition coefficient (Wildman–Crippen LogP) is 1.14. The van der Waals surface area contributed by atoms with Crippen molar-refractivity contribution in [2.75, 3.05) is 6.54 Å². The van der Waals surface area contributed by atoms with Gasteiger partial charge in [0.15, 0.2) is 11.2 Å². The van der Waals surface area contributed by atoms with Gasteiger partial charge in [0.1, 0.15) is 5.75 Å². The first-order valence-electron chi connectivity index (χ1n) is 5.79. The lowest BCUT2D eigenvalue weighted by Gasteiger charge is -2.16. The Morgan fingerprint density at radius 2 is 2.11 bits per heavy atom. The molecule has 1 aromatic rings. The summed E-state index contributed by atoms with van der Waals surface area (Å²) >= 11 is 4.93. The van der Waals surface area contributed by atoms with Crippen LogP contribution in [-0.4, -0.2) is 23.7 Å². The molecule has 1 rings (SSSR count). The van der Waals surface area contributed by atoms with Gasteiger partial charge in [0.25, 0.3) is 5.91 Å². The summed E-state index contributed by atoms with van der Waals surface area (Å²) in [5, 5.41) is 3.14. The van der Waals surface area contributed by atoms with Crippen molar-refractivity contribution in [1.29, 1.82) is 0 Å². The number of hydrazine groups is 1. The molecule has 0 bridgehead atoms. The van der Waals surface area contributed by atoms with Crippen LogP contribution in [0.3, 0.4) is 0 Å². The smallest absolute Gasteiger partial charge is 0.279 e. The van der Waals surface area contributed by atoms with Gasteiger partial charge in [-0.05, 0) is 31.3 Å². The van der Waals surface area contributed by atoms with Crippen molar-refractivity contribution in [3.63, 3.8) is 0 Å². The van der Waals surface area contributed by atoms with E-state index in [0.29, 0.717) is 17.4 Å². The average Bonchev–Trinajstić information content (AvgIpc) is 2.43. The van der Waals surface area contributed by atoms with Crippen LogP contribution in [0.2, 0.25) is 0 Å². The molecule has 0 saturated carbocycles. The third-order valence-corrected chi connectivity index (χ3v) is 2.38. The number of benzene rings is 1. The van der Waals surface area contributed by atoms with Gasteiger partial charge in [-0.25, -0.2) is 0 Å². The van der Waals surface area contributed by atoms with Gasteiger partial charge in [0.05, 0.1) is 0 Å². The van der Waals surface area contributed by atoms with Crippen molar-refractivity contribution >= 4 is 23.2 Å². The first-order chi connectivity index (χ1) is 9.13. The van der Waals surface area contributed by atoms with E-state index in [2.05, 4.69) is 22.7 Å². The number of thiocarbonyl (C=S) groups is 1. The van der Waals surface area contributed by atoms with E-state index >= 15 is 0 Å². The number of hydrogen-bond acceptors (Lipinski definition) is 3. The molecule has 5 nitrogen and oxygen atoms in total. The molecule has 3 N–H and O–H groups in total. The van der Waals surface area contributed by atoms with Crippen molar-refractivity contribution in [1.82, 2.24) is 16.2 Å². The molecular formula is C13H17N3O2S. The van der Waals surface area contributed by atoms with Crippen LogP contribution < -0.4 is 20.9 Å². The number of ether oxygens (including phenoxy) is 1. The fourth-order valence-corrected chi connectivity index (χ4v) is 1.32. The Kier molecular flexibility index (Phi) is 6.38. The number of amides is 1. The third kappa shape index (κ3) is 5.87. The maximum atomic E-state index is 11.7. The summed E-state index contributed by atoms with van der Waals surface area (Å²) < 4.78 is 5.46. The first kappa shape index (κ1) is 15.0. The Balaban J connectivity index is 2.33. The molecule has 1 amide bonds. The molecule has 0 heterocycles. The lowest BCUT2D eigenvalue weighted by atomic mass is 10.3. The van der Waals surface area contributed by atoms with Crippen LogP contribution >= 0.6 is 12.2 Å². The number of nitrogens with one attached hydrogen (secondary N) is 3. The number of carbonyl (C=O) groups is 1. The SMILES string of the molecule is C=CCNC(=S)NNC(=O)C(C)Oc1ccccc1. The quantitative estimate of drug-likeness (QED) is 0.428. The van der Waals surface area contributed by atoms with Crippen molar-refractivity contribution in [3.8, 4) is 5.75 Å². The molecule has 1 unspecified atom stereocenters. The predicted molar refractivity (Wildman–Crippen MR) is 78.6 cm³/mol. The molecule has 0 aliphatic carbocycles. The molecule has 0 aliphatic heterocycles. The number of carbonyl (C=O) groups excluding carboxylic acids is 1. The molecule has 1 atom stereocenters. The minimum absolute atomic E-state index is 0.313. The van der Waals surface area contributed by atoms with Gasteiger partial charge < -0.3 is 10.1 Å². The first-order valence-corrected chi connectivity index (χ1v) is 6.20. The van der Waals surface area contributed by atoms with E-state index in [4.69, 9.17) is 17.0 Å². The van der Waals surface area contributed by atoms with Gasteiger partial charge in [-0.1, -0.05) is 24.3 Å². The standard InChI is InChI=1S/C13H17N3O2S/c1-3-9-14-13(19)16-15-12(17)10(2)18-11-7-5-4-6-8-11/h3-8,10H,1,9H2,2H3,(H,15,17)(H2,14,16,19). The third-order valence-electron chi connectivity index (χ3n) is 2.13. The van der Waals surface area contributed by atoms with Gasteiger partial charge in [-0.15, -0.1) is 6.58 Å². The van der Waals surface area contributed by atoms with Crippen molar-refractivity contribution in [3.05, 3.63) is 43.0 Å². The molecule has 0 saturated heterocycles. The van der Waals surface area contributed by atoms with Gasteiger partial charge in [-0.2, -0.15) is 0 Å². The fraction of sp³-hybridized carbons (Fsp3) is 0.231. The zero-order valence-corrected chi connectivity index (χ0v) is 11.5. The van der Waals surface area contributed by atoms with E-state index in [1.54, 1.807) is 25.1 Å². The summed E-state index contributed by atoms with van der Waals surface area (Å²) in [7, 11) is 0.